The summed E-state index contributed by atoms with van der Waals surface area (Å²) in [6.45, 7) is 6.10. The Morgan fingerprint density at radius 1 is 1.64 bits per heavy atom. The van der Waals surface area contributed by atoms with Crippen LogP contribution in [-0.4, -0.2) is 37.2 Å². The molecule has 2 aliphatic heterocycles. The van der Waals surface area contributed by atoms with Crippen LogP contribution in [0.1, 0.15) is 6.42 Å². The van der Waals surface area contributed by atoms with Gasteiger partial charge in [-0.2, -0.15) is 0 Å². The van der Waals surface area contributed by atoms with Crippen molar-refractivity contribution in [2.45, 2.75) is 18.0 Å². The molecule has 1 atom stereocenters. The van der Waals surface area contributed by atoms with Crippen LogP contribution in [0.5, 0.6) is 0 Å². The number of hydrogen-bond acceptors (Lipinski definition) is 3. The lowest BCUT2D eigenvalue weighted by molar-refractivity contribution is -0.0647. The van der Waals surface area contributed by atoms with Crippen molar-refractivity contribution in [3.63, 3.8) is 0 Å². The molecule has 0 saturated carbocycles. The van der Waals surface area contributed by atoms with Crippen LogP contribution in [0.2, 0.25) is 0 Å². The summed E-state index contributed by atoms with van der Waals surface area (Å²) in [6, 6.07) is 0.372. The van der Waals surface area contributed by atoms with Gasteiger partial charge in [0.05, 0.1) is 24.8 Å². The lowest BCUT2D eigenvalue weighted by atomic mass is 9.94. The molecule has 0 aliphatic carbocycles. The molecule has 2 fully saturated rings. The van der Waals surface area contributed by atoms with Gasteiger partial charge in [-0.3, -0.25) is 0 Å². The minimum atomic E-state index is 0.255. The van der Waals surface area contributed by atoms with E-state index in [9.17, 15) is 0 Å². The first-order valence-corrected chi connectivity index (χ1v) is 3.89. The molecule has 3 nitrogen and oxygen atoms in total. The molecule has 11 heavy (non-hydrogen) atoms. The van der Waals surface area contributed by atoms with E-state index in [0.29, 0.717) is 6.04 Å². The molecule has 3 heteroatoms. The van der Waals surface area contributed by atoms with Gasteiger partial charge in [0.1, 0.15) is 0 Å². The summed E-state index contributed by atoms with van der Waals surface area (Å²) in [7, 11) is 0. The summed E-state index contributed by atoms with van der Waals surface area (Å²) in [5.74, 6) is 2.59. The fourth-order valence-corrected chi connectivity index (χ4v) is 1.72. The molecule has 1 spiro atoms. The van der Waals surface area contributed by atoms with Crippen molar-refractivity contribution in [2.75, 3.05) is 19.8 Å². The van der Waals surface area contributed by atoms with Crippen LogP contribution in [-0.2, 0) is 4.74 Å². The molecule has 0 aromatic carbocycles. The van der Waals surface area contributed by atoms with Crippen LogP contribution in [0.15, 0.2) is 11.6 Å². The quantitative estimate of drug-likeness (QED) is 0.535. The zero-order valence-corrected chi connectivity index (χ0v) is 6.47. The molecule has 1 N–H and O–H groups in total. The normalized spacial score (nSPS) is 32.9. The zero-order valence-electron chi connectivity index (χ0n) is 6.47. The SMILES string of the molecule is C=C=NC1CNC2(COC2)C1. The Bertz CT molecular complexity index is 204. The van der Waals surface area contributed by atoms with Crippen molar-refractivity contribution in [1.29, 1.82) is 0 Å². The number of nitrogens with one attached hydrogen (secondary N) is 1. The summed E-state index contributed by atoms with van der Waals surface area (Å²) >= 11 is 0. The number of rotatable bonds is 1. The molecule has 0 aromatic heterocycles. The maximum atomic E-state index is 5.15. The predicted octanol–water partition coefficient (Wildman–Crippen LogP) is -0.0270. The van der Waals surface area contributed by atoms with Gasteiger partial charge < -0.3 is 10.1 Å². The van der Waals surface area contributed by atoms with E-state index in [-0.39, 0.29) is 5.54 Å². The first-order valence-electron chi connectivity index (χ1n) is 3.89. The van der Waals surface area contributed by atoms with Gasteiger partial charge in [-0.05, 0) is 18.9 Å². The van der Waals surface area contributed by atoms with Crippen molar-refractivity contribution in [3.8, 4) is 0 Å². The summed E-state index contributed by atoms with van der Waals surface area (Å²) in [6.07, 6.45) is 1.08. The summed E-state index contributed by atoms with van der Waals surface area (Å²) in [4.78, 5) is 4.12. The fraction of sp³-hybridized carbons (Fsp3) is 0.750. The van der Waals surface area contributed by atoms with Crippen molar-refractivity contribution < 1.29 is 4.74 Å². The van der Waals surface area contributed by atoms with E-state index in [1.165, 1.54) is 0 Å². The van der Waals surface area contributed by atoms with Crippen molar-refractivity contribution in [1.82, 2.24) is 5.32 Å². The highest BCUT2D eigenvalue weighted by Crippen LogP contribution is 2.28. The molecule has 2 saturated heterocycles. The van der Waals surface area contributed by atoms with Gasteiger partial charge in [0, 0.05) is 6.54 Å². The second-order valence-electron chi connectivity index (χ2n) is 3.30. The fourth-order valence-electron chi connectivity index (χ4n) is 1.72. The van der Waals surface area contributed by atoms with E-state index >= 15 is 0 Å². The molecule has 2 heterocycles. The van der Waals surface area contributed by atoms with Gasteiger partial charge >= 0.3 is 0 Å². The van der Waals surface area contributed by atoms with E-state index in [1.807, 2.05) is 0 Å². The van der Waals surface area contributed by atoms with Crippen molar-refractivity contribution in [3.05, 3.63) is 6.58 Å². The topological polar surface area (TPSA) is 33.6 Å². The van der Waals surface area contributed by atoms with Gasteiger partial charge in [-0.15, -0.1) is 0 Å². The Morgan fingerprint density at radius 3 is 2.91 bits per heavy atom. The van der Waals surface area contributed by atoms with E-state index in [4.69, 9.17) is 4.74 Å². The molecular weight excluding hydrogens is 140 g/mol. The van der Waals surface area contributed by atoms with Crippen LogP contribution in [0, 0.1) is 0 Å². The molecule has 2 rings (SSSR count). The van der Waals surface area contributed by atoms with Crippen LogP contribution < -0.4 is 5.32 Å². The molecular formula is C8H12N2O. The number of aliphatic imine (C=N–C) groups is 1. The highest BCUT2D eigenvalue weighted by Gasteiger charge is 2.44. The highest BCUT2D eigenvalue weighted by molar-refractivity contribution is 5.47. The molecule has 1 unspecified atom stereocenters. The second kappa shape index (κ2) is 2.45. The van der Waals surface area contributed by atoms with Gasteiger partial charge in [0.25, 0.3) is 0 Å². The molecule has 0 aromatic rings. The third-order valence-electron chi connectivity index (χ3n) is 2.37. The van der Waals surface area contributed by atoms with E-state index in [0.717, 1.165) is 26.2 Å². The molecule has 0 bridgehead atoms. The van der Waals surface area contributed by atoms with E-state index in [1.54, 1.807) is 0 Å². The Labute approximate surface area is 66.2 Å². The van der Waals surface area contributed by atoms with Gasteiger partial charge in [-0.1, -0.05) is 0 Å². The molecule has 2 aliphatic rings. The Hall–Kier alpha value is -0.630. The Morgan fingerprint density at radius 2 is 2.45 bits per heavy atom. The third-order valence-corrected chi connectivity index (χ3v) is 2.37. The number of ether oxygens (including phenoxy) is 1. The van der Waals surface area contributed by atoms with Crippen molar-refractivity contribution in [2.24, 2.45) is 4.99 Å². The van der Waals surface area contributed by atoms with E-state index in [2.05, 4.69) is 22.8 Å². The molecule has 60 valence electrons. The van der Waals surface area contributed by atoms with Gasteiger partial charge in [0.2, 0.25) is 0 Å². The van der Waals surface area contributed by atoms with Gasteiger partial charge in [-0.25, -0.2) is 4.99 Å². The van der Waals surface area contributed by atoms with Crippen LogP contribution >= 0.6 is 0 Å². The Kier molecular flexibility index (Phi) is 1.57. The standard InChI is InChI=1S/C8H12N2O/c1-2-9-7-3-8(10-4-7)5-11-6-8/h7,10H,1,3-6H2. The first kappa shape index (κ1) is 7.04. The maximum absolute atomic E-state index is 5.15. The molecule has 0 radical (unpaired) electrons. The average Bonchev–Trinajstić information content (AvgIpc) is 2.32. The minimum absolute atomic E-state index is 0.255. The zero-order chi connectivity index (χ0) is 7.73. The van der Waals surface area contributed by atoms with Crippen LogP contribution in [0.25, 0.3) is 0 Å². The van der Waals surface area contributed by atoms with E-state index < -0.39 is 0 Å². The number of nitrogens with zero attached hydrogens (tertiary/aromatic N) is 1. The first-order chi connectivity index (χ1) is 5.35. The van der Waals surface area contributed by atoms with Crippen LogP contribution in [0.3, 0.4) is 0 Å². The predicted molar refractivity (Wildman–Crippen MR) is 43.0 cm³/mol. The highest BCUT2D eigenvalue weighted by atomic mass is 16.5. The number of hydrogen-bond donors (Lipinski definition) is 1. The lowest BCUT2D eigenvalue weighted by Crippen LogP contribution is -2.56. The summed E-state index contributed by atoms with van der Waals surface area (Å²) in [5.41, 5.74) is 0.255. The minimum Gasteiger partial charge on any atom is -0.377 e. The smallest absolute Gasteiger partial charge is 0.0737 e. The van der Waals surface area contributed by atoms with Gasteiger partial charge in [0.15, 0.2) is 0 Å². The summed E-state index contributed by atoms with van der Waals surface area (Å²) in [5, 5.41) is 3.42. The Balaban J connectivity index is 1.97. The lowest BCUT2D eigenvalue weighted by Gasteiger charge is -2.37. The largest absolute Gasteiger partial charge is 0.377 e. The van der Waals surface area contributed by atoms with Crippen LogP contribution in [0.4, 0.5) is 0 Å². The average molecular weight is 152 g/mol. The summed E-state index contributed by atoms with van der Waals surface area (Å²) < 4.78 is 5.15. The molecule has 0 amide bonds. The third kappa shape index (κ3) is 1.11. The monoisotopic (exact) mass is 152 g/mol. The maximum Gasteiger partial charge on any atom is 0.0737 e. The second-order valence-corrected chi connectivity index (χ2v) is 3.30. The van der Waals surface area contributed by atoms with Crippen molar-refractivity contribution >= 4 is 5.87 Å².